The van der Waals surface area contributed by atoms with Gasteiger partial charge in [0, 0.05) is 44.9 Å². The molecule has 2 N–H and O–H groups in total. The number of likely N-dealkylation sites (tertiary alicyclic amines) is 1. The van der Waals surface area contributed by atoms with Gasteiger partial charge in [0.05, 0.1) is 11.7 Å². The average Bonchev–Trinajstić information content (AvgIpc) is 2.74. The van der Waals surface area contributed by atoms with Crippen LogP contribution >= 0.6 is 0 Å². The van der Waals surface area contributed by atoms with Gasteiger partial charge in [-0.2, -0.15) is 5.10 Å². The molecule has 3 amide bonds. The Bertz CT molecular complexity index is 561. The molecule has 7 heteroatoms. The highest BCUT2D eigenvalue weighted by Crippen LogP contribution is 2.15. The number of aromatic nitrogens is 2. The summed E-state index contributed by atoms with van der Waals surface area (Å²) >= 11 is 0. The third kappa shape index (κ3) is 5.25. The Hall–Kier alpha value is -2.05. The molecular weight excluding hydrogens is 306 g/mol. The Kier molecular flexibility index (Phi) is 6.63. The van der Waals surface area contributed by atoms with Crippen LogP contribution in [0.3, 0.4) is 0 Å². The Balaban J connectivity index is 1.71. The van der Waals surface area contributed by atoms with Crippen LogP contribution in [0.4, 0.5) is 4.79 Å². The zero-order valence-corrected chi connectivity index (χ0v) is 15.0. The van der Waals surface area contributed by atoms with E-state index in [1.807, 2.05) is 32.0 Å². The van der Waals surface area contributed by atoms with E-state index in [0.29, 0.717) is 13.0 Å². The van der Waals surface area contributed by atoms with Gasteiger partial charge >= 0.3 is 6.03 Å². The van der Waals surface area contributed by atoms with Crippen molar-refractivity contribution in [3.05, 3.63) is 17.5 Å². The molecule has 0 unspecified atom stereocenters. The molecule has 0 aromatic carbocycles. The summed E-state index contributed by atoms with van der Waals surface area (Å²) in [6.07, 6.45) is 6.84. The van der Waals surface area contributed by atoms with Crippen LogP contribution in [-0.2, 0) is 11.8 Å². The zero-order chi connectivity index (χ0) is 17.5. The molecule has 2 rings (SSSR count). The van der Waals surface area contributed by atoms with Crippen LogP contribution in [0.15, 0.2) is 6.20 Å². The largest absolute Gasteiger partial charge is 0.343 e. The summed E-state index contributed by atoms with van der Waals surface area (Å²) in [4.78, 5) is 26.1. The SMILES string of the molecule is Cc1nn(C)cc1[C@@H](C)NC(=O)NCCC(=O)N1CCCCCC1. The maximum Gasteiger partial charge on any atom is 0.315 e. The molecule has 1 aromatic rings. The first-order valence-electron chi connectivity index (χ1n) is 8.79. The number of hydrogen-bond acceptors (Lipinski definition) is 3. The van der Waals surface area contributed by atoms with E-state index in [4.69, 9.17) is 0 Å². The second kappa shape index (κ2) is 8.70. The van der Waals surface area contributed by atoms with E-state index in [-0.39, 0.29) is 18.0 Å². The van der Waals surface area contributed by atoms with Crippen LogP contribution in [0.5, 0.6) is 0 Å². The second-order valence-corrected chi connectivity index (χ2v) is 6.51. The number of hydrogen-bond donors (Lipinski definition) is 2. The first kappa shape index (κ1) is 18.3. The lowest BCUT2D eigenvalue weighted by molar-refractivity contribution is -0.131. The van der Waals surface area contributed by atoms with Gasteiger partial charge in [0.1, 0.15) is 0 Å². The van der Waals surface area contributed by atoms with Gasteiger partial charge in [-0.3, -0.25) is 9.48 Å². The second-order valence-electron chi connectivity index (χ2n) is 6.51. The first-order chi connectivity index (χ1) is 11.5. The Morgan fingerprint density at radius 3 is 2.50 bits per heavy atom. The zero-order valence-electron chi connectivity index (χ0n) is 15.0. The minimum absolute atomic E-state index is 0.125. The Labute approximate surface area is 143 Å². The molecule has 1 atom stereocenters. The molecule has 0 spiro atoms. The first-order valence-corrected chi connectivity index (χ1v) is 8.79. The molecule has 0 bridgehead atoms. The summed E-state index contributed by atoms with van der Waals surface area (Å²) in [5.74, 6) is 0.133. The fourth-order valence-electron chi connectivity index (χ4n) is 3.13. The third-order valence-electron chi connectivity index (χ3n) is 4.45. The van der Waals surface area contributed by atoms with Crippen molar-refractivity contribution in [2.45, 2.75) is 52.0 Å². The van der Waals surface area contributed by atoms with Crippen LogP contribution in [0.1, 0.15) is 56.3 Å². The number of nitrogens with zero attached hydrogens (tertiary/aromatic N) is 3. The van der Waals surface area contributed by atoms with Crippen LogP contribution in [0, 0.1) is 6.92 Å². The molecule has 0 aliphatic carbocycles. The monoisotopic (exact) mass is 335 g/mol. The lowest BCUT2D eigenvalue weighted by Crippen LogP contribution is -2.40. The lowest BCUT2D eigenvalue weighted by Gasteiger charge is -2.20. The third-order valence-corrected chi connectivity index (χ3v) is 4.45. The summed E-state index contributed by atoms with van der Waals surface area (Å²) in [6.45, 7) is 5.90. The van der Waals surface area contributed by atoms with Gasteiger partial charge < -0.3 is 15.5 Å². The minimum Gasteiger partial charge on any atom is -0.343 e. The van der Waals surface area contributed by atoms with Gasteiger partial charge in [0.15, 0.2) is 0 Å². The highest BCUT2D eigenvalue weighted by Gasteiger charge is 2.17. The number of carbonyl (C=O) groups is 2. The number of nitrogens with one attached hydrogen (secondary N) is 2. The molecule has 0 saturated carbocycles. The quantitative estimate of drug-likeness (QED) is 0.862. The number of carbonyl (C=O) groups excluding carboxylic acids is 2. The molecule has 1 fully saturated rings. The van der Waals surface area contributed by atoms with Gasteiger partial charge in [-0.1, -0.05) is 12.8 Å². The highest BCUT2D eigenvalue weighted by atomic mass is 16.2. The standard InChI is InChI=1S/C17H29N5O2/c1-13(15-12-21(3)20-14(15)2)19-17(24)18-9-8-16(23)22-10-6-4-5-7-11-22/h12-13H,4-11H2,1-3H3,(H2,18,19,24)/t13-/m1/s1. The molecule has 1 aromatic heterocycles. The fraction of sp³-hybridized carbons (Fsp3) is 0.706. The Morgan fingerprint density at radius 1 is 1.25 bits per heavy atom. The van der Waals surface area contributed by atoms with Gasteiger partial charge in [-0.25, -0.2) is 4.79 Å². The van der Waals surface area contributed by atoms with Crippen molar-refractivity contribution < 1.29 is 9.59 Å². The predicted molar refractivity (Wildman–Crippen MR) is 92.6 cm³/mol. The molecule has 1 aliphatic heterocycles. The molecule has 1 aliphatic rings. The Morgan fingerprint density at radius 2 is 1.92 bits per heavy atom. The topological polar surface area (TPSA) is 79.3 Å². The number of urea groups is 1. The maximum absolute atomic E-state index is 12.2. The fourth-order valence-corrected chi connectivity index (χ4v) is 3.13. The normalized spacial score (nSPS) is 16.4. The highest BCUT2D eigenvalue weighted by molar-refractivity contribution is 5.78. The van der Waals surface area contributed by atoms with Crippen LogP contribution < -0.4 is 10.6 Å². The minimum atomic E-state index is -0.255. The summed E-state index contributed by atoms with van der Waals surface area (Å²) in [6, 6.07) is -0.380. The van der Waals surface area contributed by atoms with E-state index in [0.717, 1.165) is 37.2 Å². The summed E-state index contributed by atoms with van der Waals surface area (Å²) < 4.78 is 1.74. The van der Waals surface area contributed by atoms with Crippen molar-refractivity contribution >= 4 is 11.9 Å². The van der Waals surface area contributed by atoms with E-state index in [9.17, 15) is 9.59 Å². The number of rotatable bonds is 5. The van der Waals surface area contributed by atoms with Gasteiger partial charge in [0.25, 0.3) is 0 Å². The van der Waals surface area contributed by atoms with Gasteiger partial charge in [0.2, 0.25) is 5.91 Å². The van der Waals surface area contributed by atoms with Crippen LogP contribution in [0.2, 0.25) is 0 Å². The van der Waals surface area contributed by atoms with Crippen LogP contribution in [0.25, 0.3) is 0 Å². The van der Waals surface area contributed by atoms with Crippen LogP contribution in [-0.4, -0.2) is 46.3 Å². The average molecular weight is 335 g/mol. The summed E-state index contributed by atoms with van der Waals surface area (Å²) in [5.41, 5.74) is 1.90. The molecular formula is C17H29N5O2. The van der Waals surface area contributed by atoms with Crippen molar-refractivity contribution in [2.24, 2.45) is 7.05 Å². The van der Waals surface area contributed by atoms with Gasteiger partial charge in [-0.05, 0) is 26.7 Å². The van der Waals surface area contributed by atoms with E-state index in [2.05, 4.69) is 15.7 Å². The van der Waals surface area contributed by atoms with Crippen molar-refractivity contribution in [2.75, 3.05) is 19.6 Å². The lowest BCUT2D eigenvalue weighted by atomic mass is 10.1. The molecule has 24 heavy (non-hydrogen) atoms. The molecule has 1 saturated heterocycles. The summed E-state index contributed by atoms with van der Waals surface area (Å²) in [7, 11) is 1.86. The predicted octanol–water partition coefficient (Wildman–Crippen LogP) is 1.88. The smallest absolute Gasteiger partial charge is 0.315 e. The molecule has 2 heterocycles. The molecule has 7 nitrogen and oxygen atoms in total. The van der Waals surface area contributed by atoms with Crippen molar-refractivity contribution in [1.29, 1.82) is 0 Å². The van der Waals surface area contributed by atoms with Gasteiger partial charge in [-0.15, -0.1) is 0 Å². The maximum atomic E-state index is 12.2. The number of amides is 3. The summed E-state index contributed by atoms with van der Waals surface area (Å²) in [5, 5.41) is 9.93. The van der Waals surface area contributed by atoms with Crippen molar-refractivity contribution in [3.63, 3.8) is 0 Å². The van der Waals surface area contributed by atoms with Crippen molar-refractivity contribution in [1.82, 2.24) is 25.3 Å². The van der Waals surface area contributed by atoms with E-state index >= 15 is 0 Å². The van der Waals surface area contributed by atoms with E-state index in [1.54, 1.807) is 4.68 Å². The molecule has 134 valence electrons. The van der Waals surface area contributed by atoms with E-state index in [1.165, 1.54) is 12.8 Å². The number of aryl methyl sites for hydroxylation is 2. The van der Waals surface area contributed by atoms with Crippen molar-refractivity contribution in [3.8, 4) is 0 Å². The van der Waals surface area contributed by atoms with E-state index < -0.39 is 0 Å². The molecule has 0 radical (unpaired) electrons.